The van der Waals surface area contributed by atoms with Gasteiger partial charge in [-0.25, -0.2) is 9.18 Å². The van der Waals surface area contributed by atoms with E-state index >= 15 is 0 Å². The topological polar surface area (TPSA) is 35.5 Å². The molecule has 2 rings (SSSR count). The Hall–Kier alpha value is -2.36. The van der Waals surface area contributed by atoms with Gasteiger partial charge in [0, 0.05) is 0 Å². The van der Waals surface area contributed by atoms with Crippen molar-refractivity contribution in [3.63, 3.8) is 0 Å². The highest BCUT2D eigenvalue weighted by Crippen LogP contribution is 2.12. The fourth-order valence-electron chi connectivity index (χ4n) is 1.32. The van der Waals surface area contributed by atoms with Gasteiger partial charge >= 0.3 is 5.97 Å². The van der Waals surface area contributed by atoms with Crippen LogP contribution in [0.25, 0.3) is 0 Å². The van der Waals surface area contributed by atoms with Gasteiger partial charge in [0.05, 0.1) is 0 Å². The summed E-state index contributed by atoms with van der Waals surface area (Å²) in [5, 5.41) is 0. The Kier molecular flexibility index (Phi) is 3.91. The van der Waals surface area contributed by atoms with Crippen molar-refractivity contribution in [3.05, 3.63) is 60.4 Å². The average Bonchev–Trinajstić information content (AvgIpc) is 2.39. The molecule has 0 saturated heterocycles. The molecule has 0 amide bonds. The highest BCUT2D eigenvalue weighted by molar-refractivity contribution is 5.73. The number of esters is 1. The van der Waals surface area contributed by atoms with E-state index in [-0.39, 0.29) is 12.4 Å². The number of hydrogen-bond acceptors (Lipinski definition) is 3. The number of ether oxygens (including phenoxy) is 2. The summed E-state index contributed by atoms with van der Waals surface area (Å²) < 4.78 is 22.8. The standard InChI is InChI=1S/C14H11FO3/c15-11-6-8-12(9-7-11)17-10-14(16)18-13-4-2-1-3-5-13/h1-9H,10H2. The van der Waals surface area contributed by atoms with Crippen LogP contribution in [0.4, 0.5) is 4.39 Å². The Bertz CT molecular complexity index is 508. The Morgan fingerprint density at radius 1 is 0.944 bits per heavy atom. The summed E-state index contributed by atoms with van der Waals surface area (Å²) in [5.41, 5.74) is 0. The number of carbonyl (C=O) groups excluding carboxylic acids is 1. The minimum atomic E-state index is -0.509. The number of hydrogen-bond donors (Lipinski definition) is 0. The fraction of sp³-hybridized carbons (Fsp3) is 0.0714. The summed E-state index contributed by atoms with van der Waals surface area (Å²) in [6.07, 6.45) is 0. The van der Waals surface area contributed by atoms with Crippen LogP contribution < -0.4 is 9.47 Å². The largest absolute Gasteiger partial charge is 0.482 e. The zero-order valence-electron chi connectivity index (χ0n) is 9.51. The highest BCUT2D eigenvalue weighted by Gasteiger charge is 2.05. The third kappa shape index (κ3) is 3.59. The average molecular weight is 246 g/mol. The lowest BCUT2D eigenvalue weighted by Crippen LogP contribution is -2.17. The van der Waals surface area contributed by atoms with Crippen molar-refractivity contribution in [3.8, 4) is 11.5 Å². The van der Waals surface area contributed by atoms with E-state index in [0.717, 1.165) is 0 Å². The molecular formula is C14H11FO3. The first-order chi connectivity index (χ1) is 8.74. The molecule has 0 aliphatic carbocycles. The maximum atomic E-state index is 12.6. The van der Waals surface area contributed by atoms with Crippen molar-refractivity contribution in [1.82, 2.24) is 0 Å². The monoisotopic (exact) mass is 246 g/mol. The van der Waals surface area contributed by atoms with Gasteiger partial charge in [0.25, 0.3) is 0 Å². The van der Waals surface area contributed by atoms with Crippen LogP contribution >= 0.6 is 0 Å². The maximum Gasteiger partial charge on any atom is 0.349 e. The SMILES string of the molecule is O=C(COc1ccc(F)cc1)Oc1ccccc1. The molecule has 0 fully saturated rings. The van der Waals surface area contributed by atoms with E-state index in [1.807, 2.05) is 6.07 Å². The lowest BCUT2D eigenvalue weighted by molar-refractivity contribution is -0.136. The molecule has 0 unspecified atom stereocenters. The van der Waals surface area contributed by atoms with Crippen LogP contribution in [0.2, 0.25) is 0 Å². The Labute approximate surface area is 104 Å². The van der Waals surface area contributed by atoms with E-state index in [1.54, 1.807) is 24.3 Å². The van der Waals surface area contributed by atoms with Crippen molar-refractivity contribution in [2.75, 3.05) is 6.61 Å². The lowest BCUT2D eigenvalue weighted by atomic mass is 10.3. The molecular weight excluding hydrogens is 235 g/mol. The van der Waals surface area contributed by atoms with E-state index in [2.05, 4.69) is 0 Å². The number of benzene rings is 2. The smallest absolute Gasteiger partial charge is 0.349 e. The van der Waals surface area contributed by atoms with Gasteiger partial charge in [-0.05, 0) is 36.4 Å². The van der Waals surface area contributed by atoms with Crippen LogP contribution in [0.3, 0.4) is 0 Å². The summed E-state index contributed by atoms with van der Waals surface area (Å²) in [7, 11) is 0. The van der Waals surface area contributed by atoms with Crippen molar-refractivity contribution < 1.29 is 18.7 Å². The molecule has 3 nitrogen and oxygen atoms in total. The van der Waals surface area contributed by atoms with Crippen LogP contribution in [0.5, 0.6) is 11.5 Å². The summed E-state index contributed by atoms with van der Waals surface area (Å²) in [6, 6.07) is 14.1. The molecule has 0 atom stereocenters. The predicted molar refractivity (Wildman–Crippen MR) is 64.0 cm³/mol. The van der Waals surface area contributed by atoms with E-state index in [0.29, 0.717) is 11.5 Å². The van der Waals surface area contributed by atoms with Gasteiger partial charge in [-0.3, -0.25) is 0 Å². The minimum Gasteiger partial charge on any atom is -0.482 e. The first-order valence-corrected chi connectivity index (χ1v) is 5.38. The van der Waals surface area contributed by atoms with Gasteiger partial charge in [0.15, 0.2) is 6.61 Å². The van der Waals surface area contributed by atoms with E-state index in [4.69, 9.17) is 9.47 Å². The van der Waals surface area contributed by atoms with Gasteiger partial charge in [0.2, 0.25) is 0 Å². The first kappa shape index (κ1) is 12.1. The van der Waals surface area contributed by atoms with Gasteiger partial charge in [0.1, 0.15) is 17.3 Å². The Morgan fingerprint density at radius 3 is 2.28 bits per heavy atom. The van der Waals surface area contributed by atoms with Crippen LogP contribution in [-0.4, -0.2) is 12.6 Å². The molecule has 0 spiro atoms. The first-order valence-electron chi connectivity index (χ1n) is 5.38. The zero-order valence-corrected chi connectivity index (χ0v) is 9.51. The van der Waals surface area contributed by atoms with Gasteiger partial charge < -0.3 is 9.47 Å². The summed E-state index contributed by atoms with van der Waals surface area (Å²) in [6.45, 7) is -0.222. The highest BCUT2D eigenvalue weighted by atomic mass is 19.1. The van der Waals surface area contributed by atoms with Gasteiger partial charge in [-0.2, -0.15) is 0 Å². The fourth-order valence-corrected chi connectivity index (χ4v) is 1.32. The number of para-hydroxylation sites is 1. The zero-order chi connectivity index (χ0) is 12.8. The molecule has 0 heterocycles. The van der Waals surface area contributed by atoms with Crippen LogP contribution in [-0.2, 0) is 4.79 Å². The second-order valence-corrected chi connectivity index (χ2v) is 3.53. The summed E-state index contributed by atoms with van der Waals surface area (Å²) in [5.74, 6) is 0.0198. The van der Waals surface area contributed by atoms with Crippen molar-refractivity contribution in [2.24, 2.45) is 0 Å². The predicted octanol–water partition coefficient (Wildman–Crippen LogP) is 2.81. The van der Waals surface area contributed by atoms with Crippen LogP contribution in [0.1, 0.15) is 0 Å². The molecule has 0 aliphatic rings. The molecule has 0 saturated carbocycles. The van der Waals surface area contributed by atoms with Crippen LogP contribution in [0.15, 0.2) is 54.6 Å². The van der Waals surface area contributed by atoms with E-state index in [1.165, 1.54) is 24.3 Å². The molecule has 0 bridgehead atoms. The normalized spacial score (nSPS) is 9.83. The minimum absolute atomic E-state index is 0.222. The molecule has 0 aromatic heterocycles. The second kappa shape index (κ2) is 5.82. The number of carbonyl (C=O) groups is 1. The molecule has 4 heteroatoms. The molecule has 92 valence electrons. The molecule has 0 N–H and O–H groups in total. The van der Waals surface area contributed by atoms with Crippen molar-refractivity contribution in [2.45, 2.75) is 0 Å². The lowest BCUT2D eigenvalue weighted by Gasteiger charge is -2.06. The van der Waals surface area contributed by atoms with Gasteiger partial charge in [-0.1, -0.05) is 18.2 Å². The Balaban J connectivity index is 1.83. The number of rotatable bonds is 4. The maximum absolute atomic E-state index is 12.6. The quantitative estimate of drug-likeness (QED) is 0.614. The molecule has 0 radical (unpaired) electrons. The third-order valence-corrected chi connectivity index (χ3v) is 2.15. The van der Waals surface area contributed by atoms with Gasteiger partial charge in [-0.15, -0.1) is 0 Å². The van der Waals surface area contributed by atoms with Crippen molar-refractivity contribution >= 4 is 5.97 Å². The third-order valence-electron chi connectivity index (χ3n) is 2.15. The molecule has 2 aromatic rings. The molecule has 2 aromatic carbocycles. The van der Waals surface area contributed by atoms with E-state index in [9.17, 15) is 9.18 Å². The molecule has 0 aliphatic heterocycles. The van der Waals surface area contributed by atoms with E-state index < -0.39 is 5.97 Å². The molecule has 18 heavy (non-hydrogen) atoms. The summed E-state index contributed by atoms with van der Waals surface area (Å²) >= 11 is 0. The van der Waals surface area contributed by atoms with Crippen LogP contribution in [0, 0.1) is 5.82 Å². The van der Waals surface area contributed by atoms with Crippen molar-refractivity contribution in [1.29, 1.82) is 0 Å². The summed E-state index contributed by atoms with van der Waals surface area (Å²) in [4.78, 5) is 11.4. The second-order valence-electron chi connectivity index (χ2n) is 3.53. The number of halogens is 1. The Morgan fingerprint density at radius 2 is 1.61 bits per heavy atom.